The number of nitrogens with two attached hydrogens (primary N) is 1. The predicted molar refractivity (Wildman–Crippen MR) is 61.3 cm³/mol. The van der Waals surface area contributed by atoms with E-state index < -0.39 is 0 Å². The summed E-state index contributed by atoms with van der Waals surface area (Å²) in [7, 11) is 0. The minimum Gasteiger partial charge on any atom is -0.326 e. The molecule has 0 saturated heterocycles. The molecule has 2 N–H and O–H groups in total. The van der Waals surface area contributed by atoms with Crippen LogP contribution in [0.3, 0.4) is 0 Å². The van der Waals surface area contributed by atoms with Gasteiger partial charge < -0.3 is 5.73 Å². The van der Waals surface area contributed by atoms with Gasteiger partial charge in [-0.2, -0.15) is 0 Å². The highest BCUT2D eigenvalue weighted by Crippen LogP contribution is 2.33. The molecule has 0 bridgehead atoms. The summed E-state index contributed by atoms with van der Waals surface area (Å²) in [4.78, 5) is 2.48. The summed E-state index contributed by atoms with van der Waals surface area (Å²) in [6, 6.07) is 9.13. The largest absolute Gasteiger partial charge is 0.326 e. The van der Waals surface area contributed by atoms with Gasteiger partial charge in [0.05, 0.1) is 0 Å². The van der Waals surface area contributed by atoms with Gasteiger partial charge in [0.1, 0.15) is 0 Å². The average molecular weight is 202 g/mol. The Kier molecular flexibility index (Phi) is 2.26. The molecule has 1 atom stereocenters. The Morgan fingerprint density at radius 3 is 2.33 bits per heavy atom. The number of rotatable bonds is 3. The summed E-state index contributed by atoms with van der Waals surface area (Å²) in [5.74, 6) is 0.814. The monoisotopic (exact) mass is 202 g/mol. The molecule has 2 nitrogen and oxygen atoms in total. The van der Waals surface area contributed by atoms with Crippen LogP contribution in [0.4, 0.5) is 0 Å². The zero-order valence-corrected chi connectivity index (χ0v) is 9.02. The van der Waals surface area contributed by atoms with E-state index in [0.717, 1.165) is 25.6 Å². The third kappa shape index (κ3) is 1.92. The maximum Gasteiger partial charge on any atom is 0.0241 e. The van der Waals surface area contributed by atoms with E-state index in [0.29, 0.717) is 6.04 Å². The van der Waals surface area contributed by atoms with Gasteiger partial charge in [0.25, 0.3) is 0 Å². The number of hydrogen-bond donors (Lipinski definition) is 1. The molecule has 80 valence electrons. The van der Waals surface area contributed by atoms with Gasteiger partial charge >= 0.3 is 0 Å². The van der Waals surface area contributed by atoms with Crippen molar-refractivity contribution in [2.45, 2.75) is 32.0 Å². The Morgan fingerprint density at radius 1 is 1.20 bits per heavy atom. The number of fused-ring (bicyclic) bond motifs is 1. The molecule has 1 aromatic rings. The van der Waals surface area contributed by atoms with Gasteiger partial charge in [-0.15, -0.1) is 0 Å². The minimum absolute atomic E-state index is 0.402. The Balaban J connectivity index is 1.63. The highest BCUT2D eigenvalue weighted by Gasteiger charge is 2.30. The molecular formula is C13H18N2. The van der Waals surface area contributed by atoms with Crippen LogP contribution >= 0.6 is 0 Å². The number of nitrogens with zero attached hydrogens (tertiary/aromatic N) is 1. The van der Waals surface area contributed by atoms with E-state index in [9.17, 15) is 0 Å². The van der Waals surface area contributed by atoms with Crippen LogP contribution in [0.2, 0.25) is 0 Å². The van der Waals surface area contributed by atoms with Gasteiger partial charge in [-0.1, -0.05) is 24.3 Å². The fraction of sp³-hybridized carbons (Fsp3) is 0.538. The molecule has 0 radical (unpaired) electrons. The van der Waals surface area contributed by atoms with Crippen LogP contribution in [0.15, 0.2) is 24.3 Å². The SMILES string of the molecule is NC(CN1Cc2ccccc2C1)C1CC1. The smallest absolute Gasteiger partial charge is 0.0241 e. The molecule has 0 aromatic heterocycles. The van der Waals surface area contributed by atoms with E-state index in [1.54, 1.807) is 0 Å². The van der Waals surface area contributed by atoms with Gasteiger partial charge in [0.2, 0.25) is 0 Å². The third-order valence-electron chi connectivity index (χ3n) is 3.60. The molecule has 1 aliphatic carbocycles. The lowest BCUT2D eigenvalue weighted by atomic mass is 10.1. The normalized spacial score (nSPS) is 22.7. The number of benzene rings is 1. The van der Waals surface area contributed by atoms with Crippen LogP contribution in [0.25, 0.3) is 0 Å². The molecule has 0 spiro atoms. The van der Waals surface area contributed by atoms with Crippen molar-refractivity contribution < 1.29 is 0 Å². The highest BCUT2D eigenvalue weighted by atomic mass is 15.2. The predicted octanol–water partition coefficient (Wildman–Crippen LogP) is 1.74. The van der Waals surface area contributed by atoms with Crippen molar-refractivity contribution in [1.29, 1.82) is 0 Å². The summed E-state index contributed by atoms with van der Waals surface area (Å²) in [5, 5.41) is 0. The van der Waals surface area contributed by atoms with E-state index in [4.69, 9.17) is 5.73 Å². The van der Waals surface area contributed by atoms with Crippen molar-refractivity contribution in [2.75, 3.05) is 6.54 Å². The Morgan fingerprint density at radius 2 is 1.80 bits per heavy atom. The molecule has 1 aromatic carbocycles. The first kappa shape index (κ1) is 9.37. The fourth-order valence-corrected chi connectivity index (χ4v) is 2.50. The van der Waals surface area contributed by atoms with Gasteiger partial charge in [0, 0.05) is 25.7 Å². The first-order valence-corrected chi connectivity index (χ1v) is 5.87. The Labute approximate surface area is 91.1 Å². The topological polar surface area (TPSA) is 29.3 Å². The maximum atomic E-state index is 6.15. The molecule has 1 aliphatic heterocycles. The van der Waals surface area contributed by atoms with Crippen LogP contribution in [0.1, 0.15) is 24.0 Å². The molecule has 0 amide bonds. The lowest BCUT2D eigenvalue weighted by molar-refractivity contribution is 0.256. The molecule has 3 rings (SSSR count). The standard InChI is InChI=1S/C13H18N2/c14-13(10-5-6-10)9-15-7-11-3-1-2-4-12(11)8-15/h1-4,10,13H,5-9,14H2. The Hall–Kier alpha value is -0.860. The molecule has 2 aliphatic rings. The van der Waals surface area contributed by atoms with Crippen molar-refractivity contribution in [2.24, 2.45) is 11.7 Å². The van der Waals surface area contributed by atoms with Gasteiger partial charge in [-0.3, -0.25) is 4.90 Å². The molecule has 1 fully saturated rings. The van der Waals surface area contributed by atoms with Crippen molar-refractivity contribution in [1.82, 2.24) is 4.90 Å². The molecule has 2 heteroatoms. The summed E-state index contributed by atoms with van der Waals surface area (Å²) in [5.41, 5.74) is 9.13. The van der Waals surface area contributed by atoms with Gasteiger partial charge in [-0.05, 0) is 29.9 Å². The van der Waals surface area contributed by atoms with E-state index in [-0.39, 0.29) is 0 Å². The molecular weight excluding hydrogens is 184 g/mol. The first-order chi connectivity index (χ1) is 7.33. The van der Waals surface area contributed by atoms with Gasteiger partial charge in [0.15, 0.2) is 0 Å². The second-order valence-electron chi connectivity index (χ2n) is 4.94. The zero-order valence-electron chi connectivity index (χ0n) is 9.02. The van der Waals surface area contributed by atoms with Crippen LogP contribution in [-0.2, 0) is 13.1 Å². The van der Waals surface area contributed by atoms with Crippen LogP contribution in [0.5, 0.6) is 0 Å². The molecule has 1 heterocycles. The molecule has 1 saturated carbocycles. The van der Waals surface area contributed by atoms with Gasteiger partial charge in [-0.25, -0.2) is 0 Å². The summed E-state index contributed by atoms with van der Waals surface area (Å²) < 4.78 is 0. The quantitative estimate of drug-likeness (QED) is 0.809. The van der Waals surface area contributed by atoms with Crippen molar-refractivity contribution in [3.8, 4) is 0 Å². The first-order valence-electron chi connectivity index (χ1n) is 5.87. The fourth-order valence-electron chi connectivity index (χ4n) is 2.50. The lowest BCUT2D eigenvalue weighted by Crippen LogP contribution is -2.36. The molecule has 15 heavy (non-hydrogen) atoms. The summed E-state index contributed by atoms with van der Waals surface area (Å²) in [6.45, 7) is 3.26. The summed E-state index contributed by atoms with van der Waals surface area (Å²) in [6.07, 6.45) is 2.70. The second kappa shape index (κ2) is 3.62. The zero-order chi connectivity index (χ0) is 10.3. The van der Waals surface area contributed by atoms with E-state index in [2.05, 4.69) is 29.2 Å². The van der Waals surface area contributed by atoms with Crippen LogP contribution < -0.4 is 5.73 Å². The number of hydrogen-bond acceptors (Lipinski definition) is 2. The minimum atomic E-state index is 0.402. The lowest BCUT2D eigenvalue weighted by Gasteiger charge is -2.19. The highest BCUT2D eigenvalue weighted by molar-refractivity contribution is 5.30. The van der Waals surface area contributed by atoms with E-state index >= 15 is 0 Å². The summed E-state index contributed by atoms with van der Waals surface area (Å²) >= 11 is 0. The maximum absolute atomic E-state index is 6.15. The van der Waals surface area contributed by atoms with Crippen molar-refractivity contribution in [3.63, 3.8) is 0 Å². The van der Waals surface area contributed by atoms with E-state index in [1.165, 1.54) is 24.0 Å². The van der Waals surface area contributed by atoms with Crippen molar-refractivity contribution >= 4 is 0 Å². The molecule has 1 unspecified atom stereocenters. The second-order valence-corrected chi connectivity index (χ2v) is 4.94. The Bertz CT molecular complexity index is 332. The third-order valence-corrected chi connectivity index (χ3v) is 3.60. The van der Waals surface area contributed by atoms with Crippen LogP contribution in [-0.4, -0.2) is 17.5 Å². The van der Waals surface area contributed by atoms with Crippen molar-refractivity contribution in [3.05, 3.63) is 35.4 Å². The van der Waals surface area contributed by atoms with Crippen LogP contribution in [0, 0.1) is 5.92 Å². The average Bonchev–Trinajstić information content (AvgIpc) is 2.99. The van der Waals surface area contributed by atoms with E-state index in [1.807, 2.05) is 0 Å².